The molecule has 2 saturated carbocycles. The first-order valence-electron chi connectivity index (χ1n) is 9.60. The van der Waals surface area contributed by atoms with Gasteiger partial charge in [-0.1, -0.05) is 36.2 Å². The molecule has 4 heteroatoms. The van der Waals surface area contributed by atoms with Gasteiger partial charge in [-0.15, -0.1) is 0 Å². The van der Waals surface area contributed by atoms with Crippen LogP contribution in [-0.2, 0) is 6.54 Å². The molecule has 0 aliphatic heterocycles. The minimum atomic E-state index is 0.0293. The van der Waals surface area contributed by atoms with Crippen LogP contribution in [0.3, 0.4) is 0 Å². The smallest absolute Gasteiger partial charge is 0.268 e. The molecule has 3 atom stereocenters. The number of nitrogens with one attached hydrogen (secondary N) is 1. The van der Waals surface area contributed by atoms with Crippen LogP contribution in [0.5, 0.6) is 0 Å². The van der Waals surface area contributed by atoms with Crippen LogP contribution in [-0.4, -0.2) is 16.5 Å². The molecule has 2 heterocycles. The molecule has 0 unspecified atom stereocenters. The van der Waals surface area contributed by atoms with Crippen molar-refractivity contribution in [2.75, 3.05) is 0 Å². The Kier molecular flexibility index (Phi) is 3.66. The van der Waals surface area contributed by atoms with Gasteiger partial charge in [0.1, 0.15) is 5.69 Å². The van der Waals surface area contributed by atoms with Crippen LogP contribution in [0.2, 0.25) is 0 Å². The van der Waals surface area contributed by atoms with E-state index < -0.39 is 0 Å². The molecule has 4 nitrogen and oxygen atoms in total. The van der Waals surface area contributed by atoms with Gasteiger partial charge >= 0.3 is 0 Å². The largest absolute Gasteiger partial charge is 0.448 e. The predicted octanol–water partition coefficient (Wildman–Crippen LogP) is 4.51. The SMILES string of the molecule is Cc1cccc(Cn2c(C(=O)N[C@H]3C[C@H]4CC[C@@H]3C4)cc3ccoc32)c1. The second-order valence-corrected chi connectivity index (χ2v) is 8.04. The lowest BCUT2D eigenvalue weighted by atomic mass is 9.95. The lowest BCUT2D eigenvalue weighted by Gasteiger charge is -2.23. The van der Waals surface area contributed by atoms with E-state index in [1.54, 1.807) is 6.26 Å². The Bertz CT molecular complexity index is 968. The summed E-state index contributed by atoms with van der Waals surface area (Å²) in [6.45, 7) is 2.72. The zero-order valence-corrected chi connectivity index (χ0v) is 15.1. The van der Waals surface area contributed by atoms with Crippen molar-refractivity contribution in [2.24, 2.45) is 11.8 Å². The number of aromatic nitrogens is 1. The zero-order chi connectivity index (χ0) is 17.7. The number of benzene rings is 1. The maximum absolute atomic E-state index is 13.0. The van der Waals surface area contributed by atoms with Crippen molar-refractivity contribution < 1.29 is 9.21 Å². The van der Waals surface area contributed by atoms with Crippen LogP contribution in [0.1, 0.15) is 47.3 Å². The summed E-state index contributed by atoms with van der Waals surface area (Å²) in [6, 6.07) is 12.6. The van der Waals surface area contributed by atoms with Crippen molar-refractivity contribution in [2.45, 2.75) is 45.2 Å². The summed E-state index contributed by atoms with van der Waals surface area (Å²) >= 11 is 0. The molecule has 5 rings (SSSR count). The zero-order valence-electron chi connectivity index (χ0n) is 15.1. The molecule has 3 aromatic rings. The van der Waals surface area contributed by atoms with E-state index in [0.29, 0.717) is 24.2 Å². The van der Waals surface area contributed by atoms with Crippen molar-refractivity contribution >= 4 is 17.0 Å². The fourth-order valence-corrected chi connectivity index (χ4v) is 4.98. The number of aryl methyl sites for hydroxylation is 1. The van der Waals surface area contributed by atoms with Gasteiger partial charge in [0.05, 0.1) is 12.8 Å². The summed E-state index contributed by atoms with van der Waals surface area (Å²) in [5, 5.41) is 4.30. The summed E-state index contributed by atoms with van der Waals surface area (Å²) in [5.41, 5.74) is 3.86. The van der Waals surface area contributed by atoms with E-state index in [2.05, 4.69) is 36.5 Å². The Morgan fingerprint density at radius 2 is 2.15 bits per heavy atom. The number of hydrogen-bond donors (Lipinski definition) is 1. The highest BCUT2D eigenvalue weighted by atomic mass is 16.3. The highest BCUT2D eigenvalue weighted by Gasteiger charge is 2.40. The summed E-state index contributed by atoms with van der Waals surface area (Å²) in [7, 11) is 0. The first-order chi connectivity index (χ1) is 12.7. The molecule has 2 fully saturated rings. The van der Waals surface area contributed by atoms with Crippen LogP contribution in [0.25, 0.3) is 11.1 Å². The van der Waals surface area contributed by atoms with Gasteiger partial charge in [0, 0.05) is 11.4 Å². The Hall–Kier alpha value is -2.49. The topological polar surface area (TPSA) is 47.2 Å². The van der Waals surface area contributed by atoms with Crippen LogP contribution in [0.4, 0.5) is 0 Å². The van der Waals surface area contributed by atoms with Crippen molar-refractivity contribution in [1.82, 2.24) is 9.88 Å². The minimum absolute atomic E-state index is 0.0293. The summed E-state index contributed by atoms with van der Waals surface area (Å²) in [6.07, 6.45) is 6.73. The Morgan fingerprint density at radius 1 is 1.23 bits per heavy atom. The second-order valence-electron chi connectivity index (χ2n) is 8.04. The number of amides is 1. The fraction of sp³-hybridized carbons (Fsp3) is 0.409. The molecule has 1 amide bonds. The molecule has 2 aliphatic carbocycles. The Balaban J connectivity index is 1.45. The number of nitrogens with zero attached hydrogens (tertiary/aromatic N) is 1. The molecular weight excluding hydrogens is 324 g/mol. The van der Waals surface area contributed by atoms with E-state index in [1.165, 1.54) is 30.4 Å². The van der Waals surface area contributed by atoms with Gasteiger partial charge < -0.3 is 14.3 Å². The standard InChI is InChI=1S/C22H24N2O2/c1-14-3-2-4-16(9-14)13-24-20(12-18-7-8-26-22(18)24)21(25)23-19-11-15-5-6-17(19)10-15/h2-4,7-9,12,15,17,19H,5-6,10-11,13H2,1H3,(H,23,25)/t15-,17+,19-/m0/s1. The molecule has 2 aromatic heterocycles. The third-order valence-electron chi connectivity index (χ3n) is 6.21. The summed E-state index contributed by atoms with van der Waals surface area (Å²) < 4.78 is 7.69. The summed E-state index contributed by atoms with van der Waals surface area (Å²) in [5.74, 6) is 1.52. The van der Waals surface area contributed by atoms with Gasteiger partial charge in [0.15, 0.2) is 0 Å². The van der Waals surface area contributed by atoms with E-state index in [1.807, 2.05) is 16.7 Å². The normalized spacial score (nSPS) is 24.4. The fourth-order valence-electron chi connectivity index (χ4n) is 4.98. The number of fused-ring (bicyclic) bond motifs is 3. The molecule has 1 N–H and O–H groups in total. The Labute approximate surface area is 153 Å². The maximum atomic E-state index is 13.0. The first-order valence-corrected chi connectivity index (χ1v) is 9.60. The van der Waals surface area contributed by atoms with Gasteiger partial charge in [-0.2, -0.15) is 0 Å². The predicted molar refractivity (Wildman–Crippen MR) is 101 cm³/mol. The quantitative estimate of drug-likeness (QED) is 0.754. The molecule has 134 valence electrons. The maximum Gasteiger partial charge on any atom is 0.268 e. The average molecular weight is 348 g/mol. The highest BCUT2D eigenvalue weighted by Crippen LogP contribution is 2.44. The van der Waals surface area contributed by atoms with Crippen LogP contribution >= 0.6 is 0 Å². The molecule has 2 bridgehead atoms. The van der Waals surface area contributed by atoms with E-state index in [-0.39, 0.29) is 5.91 Å². The minimum Gasteiger partial charge on any atom is -0.448 e. The molecule has 0 radical (unpaired) electrons. The lowest BCUT2D eigenvalue weighted by Crippen LogP contribution is -2.39. The number of rotatable bonds is 4. The lowest BCUT2D eigenvalue weighted by molar-refractivity contribution is 0.0914. The number of furan rings is 1. The number of carbonyl (C=O) groups is 1. The van der Waals surface area contributed by atoms with E-state index >= 15 is 0 Å². The third-order valence-corrected chi connectivity index (χ3v) is 6.21. The van der Waals surface area contributed by atoms with Crippen LogP contribution in [0, 0.1) is 18.8 Å². The molecule has 2 aliphatic rings. The Morgan fingerprint density at radius 3 is 2.92 bits per heavy atom. The van der Waals surface area contributed by atoms with Gasteiger partial charge in [0.25, 0.3) is 5.91 Å². The van der Waals surface area contributed by atoms with Gasteiger partial charge in [-0.25, -0.2) is 0 Å². The van der Waals surface area contributed by atoms with Gasteiger partial charge in [0.2, 0.25) is 5.71 Å². The monoisotopic (exact) mass is 348 g/mol. The molecule has 1 aromatic carbocycles. The van der Waals surface area contributed by atoms with Crippen molar-refractivity contribution in [3.63, 3.8) is 0 Å². The van der Waals surface area contributed by atoms with E-state index in [0.717, 1.165) is 23.4 Å². The van der Waals surface area contributed by atoms with Crippen LogP contribution < -0.4 is 5.32 Å². The molecular formula is C22H24N2O2. The molecule has 0 saturated heterocycles. The number of hydrogen-bond acceptors (Lipinski definition) is 2. The average Bonchev–Trinajstić information content (AvgIpc) is 3.37. The van der Waals surface area contributed by atoms with Crippen molar-refractivity contribution in [3.8, 4) is 0 Å². The first kappa shape index (κ1) is 15.7. The highest BCUT2D eigenvalue weighted by molar-refractivity contribution is 5.98. The molecule has 26 heavy (non-hydrogen) atoms. The van der Waals surface area contributed by atoms with Crippen LogP contribution in [0.15, 0.2) is 47.1 Å². The van der Waals surface area contributed by atoms with Gasteiger partial charge in [-0.3, -0.25) is 4.79 Å². The molecule has 0 spiro atoms. The van der Waals surface area contributed by atoms with Crippen molar-refractivity contribution in [1.29, 1.82) is 0 Å². The van der Waals surface area contributed by atoms with E-state index in [4.69, 9.17) is 4.42 Å². The third kappa shape index (κ3) is 2.64. The second kappa shape index (κ2) is 6.04. The number of carbonyl (C=O) groups excluding carboxylic acids is 1. The van der Waals surface area contributed by atoms with Gasteiger partial charge in [-0.05, 0) is 55.7 Å². The summed E-state index contributed by atoms with van der Waals surface area (Å²) in [4.78, 5) is 13.0. The van der Waals surface area contributed by atoms with Crippen molar-refractivity contribution in [3.05, 3.63) is 59.5 Å². The van der Waals surface area contributed by atoms with E-state index in [9.17, 15) is 4.79 Å².